The summed E-state index contributed by atoms with van der Waals surface area (Å²) in [7, 11) is 3.06. The summed E-state index contributed by atoms with van der Waals surface area (Å²) in [5.41, 5.74) is 2.38. The highest BCUT2D eigenvalue weighted by molar-refractivity contribution is 6.10. The summed E-state index contributed by atoms with van der Waals surface area (Å²) in [4.78, 5) is 44.9. The molecule has 7 nitrogen and oxygen atoms in total. The molecule has 0 bridgehead atoms. The molecule has 3 amide bonds. The molecule has 5 rings (SSSR count). The van der Waals surface area contributed by atoms with Gasteiger partial charge in [-0.25, -0.2) is 0 Å². The first kappa shape index (κ1) is 23.5. The Morgan fingerprint density at radius 3 is 2.46 bits per heavy atom. The molecule has 7 heteroatoms. The molecule has 0 unspecified atom stereocenters. The van der Waals surface area contributed by atoms with Crippen LogP contribution in [0.3, 0.4) is 0 Å². The van der Waals surface area contributed by atoms with Crippen molar-refractivity contribution in [3.8, 4) is 5.75 Å². The fourth-order valence-electron chi connectivity index (χ4n) is 5.97. The van der Waals surface area contributed by atoms with Crippen LogP contribution in [0.4, 0.5) is 0 Å². The van der Waals surface area contributed by atoms with E-state index in [0.29, 0.717) is 30.4 Å². The number of ether oxygens (including phenoxy) is 1. The van der Waals surface area contributed by atoms with E-state index in [4.69, 9.17) is 4.74 Å². The Labute approximate surface area is 206 Å². The van der Waals surface area contributed by atoms with Crippen molar-refractivity contribution in [3.05, 3.63) is 65.2 Å². The number of fused-ring (bicyclic) bond motifs is 1. The number of hydrogen-bond donors (Lipinski definition) is 0. The van der Waals surface area contributed by atoms with Crippen LogP contribution in [-0.2, 0) is 32.6 Å². The number of carbonyl (C=O) groups excluding carboxylic acids is 3. The van der Waals surface area contributed by atoms with E-state index in [0.717, 1.165) is 37.3 Å². The molecule has 184 valence electrons. The summed E-state index contributed by atoms with van der Waals surface area (Å²) in [5, 5.41) is 0. The number of carbonyl (C=O) groups is 3. The van der Waals surface area contributed by atoms with Crippen LogP contribution in [0.1, 0.15) is 36.0 Å². The van der Waals surface area contributed by atoms with Crippen molar-refractivity contribution in [1.29, 1.82) is 0 Å². The quantitative estimate of drug-likeness (QED) is 0.622. The van der Waals surface area contributed by atoms with Gasteiger partial charge in [0.1, 0.15) is 5.75 Å². The number of amides is 3. The van der Waals surface area contributed by atoms with E-state index in [2.05, 4.69) is 29.2 Å². The molecule has 0 N–H and O–H groups in total. The lowest BCUT2D eigenvalue weighted by atomic mass is 9.75. The average Bonchev–Trinajstić information content (AvgIpc) is 3.12. The first-order valence-corrected chi connectivity index (χ1v) is 12.5. The van der Waals surface area contributed by atoms with Crippen LogP contribution >= 0.6 is 0 Å². The van der Waals surface area contributed by atoms with Gasteiger partial charge in [0.25, 0.3) is 0 Å². The summed E-state index contributed by atoms with van der Waals surface area (Å²) >= 11 is 0. The lowest BCUT2D eigenvalue weighted by molar-refractivity contribution is -0.142. The maximum absolute atomic E-state index is 13.5. The molecular formula is C28H33N3O4. The number of likely N-dealkylation sites (N-methyl/N-ethyl adjacent to an activating group) is 1. The van der Waals surface area contributed by atoms with Crippen molar-refractivity contribution in [1.82, 2.24) is 14.7 Å². The standard InChI is InChI=1S/C28H33N3O4/c1-29-25(32)18-28(27(29)34,22-8-5-9-24(17-22)35-2)19-26(33)31-14-12-30(13-15-31)23-11-10-20-6-3-4-7-21(20)16-23/h3-9,17,23H,10-16,18-19H2,1-2H3/t23-,28+/m0/s1. The maximum Gasteiger partial charge on any atom is 0.240 e. The summed E-state index contributed by atoms with van der Waals surface area (Å²) < 4.78 is 5.35. The highest BCUT2D eigenvalue weighted by atomic mass is 16.5. The van der Waals surface area contributed by atoms with Crippen molar-refractivity contribution < 1.29 is 19.1 Å². The zero-order valence-electron chi connectivity index (χ0n) is 20.5. The van der Waals surface area contributed by atoms with E-state index in [1.165, 1.54) is 18.2 Å². The number of rotatable bonds is 5. The number of benzene rings is 2. The first-order valence-electron chi connectivity index (χ1n) is 12.5. The number of likely N-dealkylation sites (tertiary alicyclic amines) is 1. The second kappa shape index (κ2) is 9.46. The molecule has 2 aromatic carbocycles. The molecule has 3 aliphatic rings. The normalized spacial score (nSPS) is 25.0. The van der Waals surface area contributed by atoms with Crippen molar-refractivity contribution >= 4 is 17.7 Å². The third-order valence-corrected chi connectivity index (χ3v) is 8.12. The van der Waals surface area contributed by atoms with E-state index >= 15 is 0 Å². The molecule has 0 spiro atoms. The van der Waals surface area contributed by atoms with Gasteiger partial charge in [0, 0.05) is 52.1 Å². The zero-order chi connectivity index (χ0) is 24.6. The molecule has 0 saturated carbocycles. The van der Waals surface area contributed by atoms with Crippen LogP contribution in [0.5, 0.6) is 5.75 Å². The highest BCUT2D eigenvalue weighted by Crippen LogP contribution is 2.41. The van der Waals surface area contributed by atoms with E-state index in [9.17, 15) is 14.4 Å². The summed E-state index contributed by atoms with van der Waals surface area (Å²) in [6, 6.07) is 16.4. The smallest absolute Gasteiger partial charge is 0.240 e. The predicted molar refractivity (Wildman–Crippen MR) is 132 cm³/mol. The minimum absolute atomic E-state index is 0.00267. The van der Waals surface area contributed by atoms with Crippen LogP contribution < -0.4 is 4.74 Å². The fraction of sp³-hybridized carbons (Fsp3) is 0.464. The number of methoxy groups -OCH3 is 1. The topological polar surface area (TPSA) is 70.2 Å². The van der Waals surface area contributed by atoms with Gasteiger partial charge < -0.3 is 9.64 Å². The monoisotopic (exact) mass is 475 g/mol. The third-order valence-electron chi connectivity index (χ3n) is 8.12. The van der Waals surface area contributed by atoms with Crippen molar-refractivity contribution in [2.24, 2.45) is 0 Å². The van der Waals surface area contributed by atoms with Crippen LogP contribution in [0.15, 0.2) is 48.5 Å². The lowest BCUT2D eigenvalue weighted by Gasteiger charge is -2.41. The van der Waals surface area contributed by atoms with E-state index in [1.54, 1.807) is 25.3 Å². The Balaban J connectivity index is 1.28. The Bertz CT molecular complexity index is 1140. The Morgan fingerprint density at radius 1 is 1.03 bits per heavy atom. The Morgan fingerprint density at radius 2 is 1.77 bits per heavy atom. The summed E-state index contributed by atoms with van der Waals surface area (Å²) in [6.07, 6.45) is 3.31. The zero-order valence-corrected chi connectivity index (χ0v) is 20.5. The van der Waals surface area contributed by atoms with Gasteiger partial charge in [-0.1, -0.05) is 36.4 Å². The number of imide groups is 1. The van der Waals surface area contributed by atoms with Gasteiger partial charge in [-0.15, -0.1) is 0 Å². The molecule has 1 aliphatic carbocycles. The Kier molecular flexibility index (Phi) is 6.36. The second-order valence-corrected chi connectivity index (χ2v) is 10.0. The van der Waals surface area contributed by atoms with Gasteiger partial charge >= 0.3 is 0 Å². The van der Waals surface area contributed by atoms with Crippen molar-refractivity contribution in [2.45, 2.75) is 43.6 Å². The second-order valence-electron chi connectivity index (χ2n) is 10.0. The summed E-state index contributed by atoms with van der Waals surface area (Å²) in [5.74, 6) is -0.0404. The third kappa shape index (κ3) is 4.33. The van der Waals surface area contributed by atoms with Crippen LogP contribution in [0, 0.1) is 0 Å². The minimum atomic E-state index is -1.18. The molecule has 0 radical (unpaired) electrons. The van der Waals surface area contributed by atoms with Gasteiger partial charge in [-0.05, 0) is 48.1 Å². The number of aryl methyl sites for hydroxylation is 1. The molecule has 2 heterocycles. The van der Waals surface area contributed by atoms with Crippen LogP contribution in [0.25, 0.3) is 0 Å². The molecule has 35 heavy (non-hydrogen) atoms. The van der Waals surface area contributed by atoms with Gasteiger partial charge in [-0.3, -0.25) is 24.2 Å². The molecule has 2 fully saturated rings. The molecule has 2 atom stereocenters. The van der Waals surface area contributed by atoms with Crippen LogP contribution in [0.2, 0.25) is 0 Å². The molecule has 2 aromatic rings. The number of hydrogen-bond acceptors (Lipinski definition) is 5. The number of nitrogens with zero attached hydrogens (tertiary/aromatic N) is 3. The predicted octanol–water partition coefficient (Wildman–Crippen LogP) is 2.41. The SMILES string of the molecule is COc1cccc([C@]2(CC(=O)N3CCN([C@H]4CCc5ccccc5C4)CC3)CC(=O)N(C)C2=O)c1. The molecule has 2 aliphatic heterocycles. The minimum Gasteiger partial charge on any atom is -0.497 e. The summed E-state index contributed by atoms with van der Waals surface area (Å²) in [6.45, 7) is 2.95. The molecule has 0 aromatic heterocycles. The fourth-order valence-corrected chi connectivity index (χ4v) is 5.97. The molecule has 2 saturated heterocycles. The van der Waals surface area contributed by atoms with Crippen molar-refractivity contribution in [2.75, 3.05) is 40.3 Å². The van der Waals surface area contributed by atoms with Crippen molar-refractivity contribution in [3.63, 3.8) is 0 Å². The first-order chi connectivity index (χ1) is 16.9. The maximum atomic E-state index is 13.5. The highest BCUT2D eigenvalue weighted by Gasteiger charge is 2.53. The van der Waals surface area contributed by atoms with E-state index in [-0.39, 0.29) is 30.6 Å². The Hall–Kier alpha value is -3.19. The average molecular weight is 476 g/mol. The van der Waals surface area contributed by atoms with Gasteiger partial charge in [0.15, 0.2) is 0 Å². The van der Waals surface area contributed by atoms with E-state index < -0.39 is 5.41 Å². The van der Waals surface area contributed by atoms with Crippen LogP contribution in [-0.4, -0.2) is 78.8 Å². The lowest BCUT2D eigenvalue weighted by Crippen LogP contribution is -2.54. The molecular weight excluding hydrogens is 442 g/mol. The van der Waals surface area contributed by atoms with E-state index in [1.807, 2.05) is 11.0 Å². The largest absolute Gasteiger partial charge is 0.497 e. The van der Waals surface area contributed by atoms with Gasteiger partial charge in [-0.2, -0.15) is 0 Å². The number of piperazine rings is 1. The van der Waals surface area contributed by atoms with Gasteiger partial charge in [0.2, 0.25) is 17.7 Å². The van der Waals surface area contributed by atoms with Gasteiger partial charge in [0.05, 0.1) is 12.5 Å².